The van der Waals surface area contributed by atoms with Crippen LogP contribution in [0.5, 0.6) is 0 Å². The molecule has 2 aromatic rings. The van der Waals surface area contributed by atoms with Crippen LogP contribution < -0.4 is 0 Å². The molecule has 0 N–H and O–H groups in total. The molecule has 1 atom stereocenters. The van der Waals surface area contributed by atoms with E-state index in [0.29, 0.717) is 23.3 Å². The van der Waals surface area contributed by atoms with Gasteiger partial charge in [0.2, 0.25) is 11.7 Å². The topological polar surface area (TPSA) is 68.5 Å². The van der Waals surface area contributed by atoms with Crippen LogP contribution in [0, 0.1) is 6.92 Å². The fourth-order valence-electron chi connectivity index (χ4n) is 2.89. The van der Waals surface area contributed by atoms with Crippen LogP contribution in [0.15, 0.2) is 22.7 Å². The molecule has 1 saturated heterocycles. The second-order valence-electron chi connectivity index (χ2n) is 7.20. The SMILES string of the molecule is Cc1c(Cl)cccc1-c1noc(C2CCCN2C(=O)OC(C)(C)C)n1. The molecule has 0 saturated carbocycles. The van der Waals surface area contributed by atoms with E-state index in [1.165, 1.54) is 0 Å². The molecule has 1 amide bonds. The maximum Gasteiger partial charge on any atom is 0.410 e. The van der Waals surface area contributed by atoms with Gasteiger partial charge in [0.25, 0.3) is 0 Å². The number of likely N-dealkylation sites (tertiary alicyclic amines) is 1. The van der Waals surface area contributed by atoms with Gasteiger partial charge in [-0.3, -0.25) is 4.90 Å². The van der Waals surface area contributed by atoms with E-state index >= 15 is 0 Å². The van der Waals surface area contributed by atoms with Gasteiger partial charge in [-0.25, -0.2) is 4.79 Å². The first kappa shape index (κ1) is 17.7. The summed E-state index contributed by atoms with van der Waals surface area (Å²) in [5, 5.41) is 4.73. The van der Waals surface area contributed by atoms with Gasteiger partial charge in [-0.15, -0.1) is 0 Å². The minimum atomic E-state index is -0.540. The van der Waals surface area contributed by atoms with Crippen molar-refractivity contribution in [2.24, 2.45) is 0 Å². The van der Waals surface area contributed by atoms with Crippen LogP contribution in [0.2, 0.25) is 5.02 Å². The van der Waals surface area contributed by atoms with Crippen LogP contribution in [0.3, 0.4) is 0 Å². The monoisotopic (exact) mass is 363 g/mol. The molecule has 1 aromatic carbocycles. The van der Waals surface area contributed by atoms with Crippen molar-refractivity contribution in [3.05, 3.63) is 34.7 Å². The Balaban J connectivity index is 1.84. The third kappa shape index (κ3) is 3.79. The Morgan fingerprint density at radius 2 is 2.16 bits per heavy atom. The molecule has 25 heavy (non-hydrogen) atoms. The summed E-state index contributed by atoms with van der Waals surface area (Å²) in [6.07, 6.45) is 1.29. The van der Waals surface area contributed by atoms with Crippen molar-refractivity contribution in [3.8, 4) is 11.4 Å². The van der Waals surface area contributed by atoms with E-state index in [2.05, 4.69) is 10.1 Å². The highest BCUT2D eigenvalue weighted by Gasteiger charge is 2.36. The fourth-order valence-corrected chi connectivity index (χ4v) is 3.07. The number of benzene rings is 1. The van der Waals surface area contributed by atoms with Gasteiger partial charge in [-0.2, -0.15) is 4.98 Å². The van der Waals surface area contributed by atoms with Crippen molar-refractivity contribution in [2.45, 2.75) is 52.2 Å². The summed E-state index contributed by atoms with van der Waals surface area (Å²) in [5.41, 5.74) is 1.18. The zero-order chi connectivity index (χ0) is 18.2. The average Bonchev–Trinajstić information content (AvgIpc) is 3.16. The molecule has 1 unspecified atom stereocenters. The van der Waals surface area contributed by atoms with E-state index in [1.807, 2.05) is 45.9 Å². The van der Waals surface area contributed by atoms with Crippen LogP contribution in [-0.2, 0) is 4.74 Å². The van der Waals surface area contributed by atoms with Crippen LogP contribution in [0.4, 0.5) is 4.79 Å². The third-order valence-corrected chi connectivity index (χ3v) is 4.53. The lowest BCUT2D eigenvalue weighted by Crippen LogP contribution is -2.36. The van der Waals surface area contributed by atoms with Gasteiger partial charge in [0, 0.05) is 17.1 Å². The summed E-state index contributed by atoms with van der Waals surface area (Å²) >= 11 is 6.17. The first-order valence-electron chi connectivity index (χ1n) is 8.35. The number of carbonyl (C=O) groups excluding carboxylic acids is 1. The van der Waals surface area contributed by atoms with Crippen LogP contribution in [-0.4, -0.2) is 33.3 Å². The molecule has 0 spiro atoms. The molecule has 0 bridgehead atoms. The Kier molecular flexibility index (Phi) is 4.73. The Hall–Kier alpha value is -2.08. The summed E-state index contributed by atoms with van der Waals surface area (Å²) in [6.45, 7) is 8.08. The normalized spacial score (nSPS) is 17.8. The largest absolute Gasteiger partial charge is 0.444 e. The van der Waals surface area contributed by atoms with Crippen molar-refractivity contribution >= 4 is 17.7 Å². The van der Waals surface area contributed by atoms with Crippen LogP contribution in [0.25, 0.3) is 11.4 Å². The zero-order valence-corrected chi connectivity index (χ0v) is 15.6. The predicted octanol–water partition coefficient (Wildman–Crippen LogP) is 4.77. The summed E-state index contributed by atoms with van der Waals surface area (Å²) in [7, 11) is 0. The Labute approximate surface area is 152 Å². The zero-order valence-electron chi connectivity index (χ0n) is 14.9. The molecular weight excluding hydrogens is 342 g/mol. The van der Waals surface area contributed by atoms with Crippen LogP contribution >= 0.6 is 11.6 Å². The maximum absolute atomic E-state index is 12.4. The molecule has 2 heterocycles. The molecule has 7 heteroatoms. The van der Waals surface area contributed by atoms with Gasteiger partial charge in [0.15, 0.2) is 0 Å². The number of hydrogen-bond donors (Lipinski definition) is 0. The molecule has 1 aliphatic rings. The number of hydrogen-bond acceptors (Lipinski definition) is 5. The van der Waals surface area contributed by atoms with E-state index < -0.39 is 5.60 Å². The third-order valence-electron chi connectivity index (χ3n) is 4.12. The highest BCUT2D eigenvalue weighted by molar-refractivity contribution is 6.31. The van der Waals surface area contributed by atoms with E-state index in [1.54, 1.807) is 4.90 Å². The molecule has 134 valence electrons. The summed E-state index contributed by atoms with van der Waals surface area (Å²) < 4.78 is 10.9. The second kappa shape index (κ2) is 6.67. The van der Waals surface area contributed by atoms with Gasteiger partial charge >= 0.3 is 6.09 Å². The molecule has 1 aromatic heterocycles. The number of ether oxygens (including phenoxy) is 1. The lowest BCUT2D eigenvalue weighted by atomic mass is 10.1. The van der Waals surface area contributed by atoms with Crippen LogP contribution in [0.1, 0.15) is 51.1 Å². The second-order valence-corrected chi connectivity index (χ2v) is 7.61. The van der Waals surface area contributed by atoms with Crippen molar-refractivity contribution in [1.29, 1.82) is 0 Å². The molecule has 3 rings (SSSR count). The molecule has 0 radical (unpaired) electrons. The Morgan fingerprint density at radius 3 is 2.88 bits per heavy atom. The first-order valence-corrected chi connectivity index (χ1v) is 8.73. The Bertz CT molecular complexity index is 782. The average molecular weight is 364 g/mol. The smallest absolute Gasteiger partial charge is 0.410 e. The Morgan fingerprint density at radius 1 is 1.40 bits per heavy atom. The van der Waals surface area contributed by atoms with Gasteiger partial charge in [0.1, 0.15) is 11.6 Å². The minimum absolute atomic E-state index is 0.254. The highest BCUT2D eigenvalue weighted by Crippen LogP contribution is 2.34. The molecular formula is C18H22ClN3O3. The number of amides is 1. The first-order chi connectivity index (χ1) is 11.8. The summed E-state index contributed by atoms with van der Waals surface area (Å²) in [4.78, 5) is 18.6. The van der Waals surface area contributed by atoms with Gasteiger partial charge < -0.3 is 9.26 Å². The van der Waals surface area contributed by atoms with E-state index in [9.17, 15) is 4.79 Å². The lowest BCUT2D eigenvalue weighted by molar-refractivity contribution is 0.0199. The summed E-state index contributed by atoms with van der Waals surface area (Å²) in [5.74, 6) is 0.906. The summed E-state index contributed by atoms with van der Waals surface area (Å²) in [6, 6.07) is 5.32. The van der Waals surface area contributed by atoms with E-state index in [-0.39, 0.29) is 12.1 Å². The number of halogens is 1. The number of nitrogens with zero attached hydrogens (tertiary/aromatic N) is 3. The van der Waals surface area contributed by atoms with Gasteiger partial charge in [-0.05, 0) is 52.2 Å². The van der Waals surface area contributed by atoms with Crippen molar-refractivity contribution < 1.29 is 14.1 Å². The standard InChI is InChI=1S/C18H22ClN3O3/c1-11-12(7-5-8-13(11)19)15-20-16(25-21-15)14-9-6-10-22(14)17(23)24-18(2,3)4/h5,7-8,14H,6,9-10H2,1-4H3. The quantitative estimate of drug-likeness (QED) is 0.768. The fraction of sp³-hybridized carbons (Fsp3) is 0.500. The predicted molar refractivity (Wildman–Crippen MR) is 94.4 cm³/mol. The van der Waals surface area contributed by atoms with E-state index in [0.717, 1.165) is 24.0 Å². The van der Waals surface area contributed by atoms with Crippen molar-refractivity contribution in [3.63, 3.8) is 0 Å². The molecule has 0 aliphatic carbocycles. The highest BCUT2D eigenvalue weighted by atomic mass is 35.5. The van der Waals surface area contributed by atoms with Crippen molar-refractivity contribution in [1.82, 2.24) is 15.0 Å². The van der Waals surface area contributed by atoms with Crippen molar-refractivity contribution in [2.75, 3.05) is 6.54 Å². The molecule has 1 aliphatic heterocycles. The molecule has 1 fully saturated rings. The van der Waals surface area contributed by atoms with E-state index in [4.69, 9.17) is 20.9 Å². The molecule has 6 nitrogen and oxygen atoms in total. The minimum Gasteiger partial charge on any atom is -0.444 e. The number of aromatic nitrogens is 2. The van der Waals surface area contributed by atoms with Gasteiger partial charge in [0.05, 0.1) is 0 Å². The lowest BCUT2D eigenvalue weighted by Gasteiger charge is -2.26. The van der Waals surface area contributed by atoms with Gasteiger partial charge in [-0.1, -0.05) is 28.9 Å². The number of carbonyl (C=O) groups is 1. The maximum atomic E-state index is 12.4. The number of rotatable bonds is 2.